The molecular formula is C18H26O3. The molecule has 3 heteroatoms. The minimum absolute atomic E-state index is 0.136. The topological polar surface area (TPSA) is 35.5 Å². The van der Waals surface area contributed by atoms with Crippen molar-refractivity contribution in [1.29, 1.82) is 0 Å². The summed E-state index contributed by atoms with van der Waals surface area (Å²) in [4.78, 5) is 12.6. The molecule has 1 saturated heterocycles. The molecule has 0 amide bonds. The highest BCUT2D eigenvalue weighted by Gasteiger charge is 2.39. The molecule has 0 aliphatic carbocycles. The minimum atomic E-state index is -0.652. The minimum Gasteiger partial charge on any atom is -0.381 e. The maximum atomic E-state index is 12.6. The molecule has 0 saturated carbocycles. The number of ketones is 1. The van der Waals surface area contributed by atoms with Gasteiger partial charge in [-0.25, -0.2) is 0 Å². The molecule has 2 rings (SSSR count). The van der Waals surface area contributed by atoms with Crippen LogP contribution in [0.3, 0.4) is 0 Å². The average molecular weight is 290 g/mol. The van der Waals surface area contributed by atoms with Crippen molar-refractivity contribution >= 4 is 5.78 Å². The molecule has 0 aromatic heterocycles. The molecule has 0 bridgehead atoms. The average Bonchev–Trinajstić information content (AvgIpc) is 2.47. The van der Waals surface area contributed by atoms with Crippen molar-refractivity contribution in [3.63, 3.8) is 0 Å². The van der Waals surface area contributed by atoms with Gasteiger partial charge in [-0.1, -0.05) is 45.0 Å². The molecular weight excluding hydrogens is 264 g/mol. The SMILES string of the molecule is COC1(C(=O)Cc2ccc(C(C)(C)C)cc2)CCOCC1. The molecule has 0 unspecified atom stereocenters. The predicted octanol–water partition coefficient (Wildman–Crippen LogP) is 3.29. The number of hydrogen-bond acceptors (Lipinski definition) is 3. The van der Waals surface area contributed by atoms with E-state index in [1.807, 2.05) is 0 Å². The number of carbonyl (C=O) groups excluding carboxylic acids is 1. The lowest BCUT2D eigenvalue weighted by molar-refractivity contribution is -0.151. The van der Waals surface area contributed by atoms with Crippen LogP contribution in [0.25, 0.3) is 0 Å². The van der Waals surface area contributed by atoms with Crippen LogP contribution >= 0.6 is 0 Å². The fourth-order valence-electron chi connectivity index (χ4n) is 2.77. The van der Waals surface area contributed by atoms with Crippen LogP contribution in [0, 0.1) is 0 Å². The highest BCUT2D eigenvalue weighted by atomic mass is 16.5. The maximum Gasteiger partial charge on any atom is 0.169 e. The molecule has 0 spiro atoms. The van der Waals surface area contributed by atoms with E-state index in [1.165, 1.54) is 5.56 Å². The van der Waals surface area contributed by atoms with E-state index in [2.05, 4.69) is 45.0 Å². The zero-order chi connectivity index (χ0) is 15.5. The van der Waals surface area contributed by atoms with Gasteiger partial charge >= 0.3 is 0 Å². The summed E-state index contributed by atoms with van der Waals surface area (Å²) in [5.74, 6) is 0.164. The molecule has 0 N–H and O–H groups in total. The predicted molar refractivity (Wildman–Crippen MR) is 83.6 cm³/mol. The molecule has 1 aromatic carbocycles. The monoisotopic (exact) mass is 290 g/mol. The van der Waals surface area contributed by atoms with Crippen LogP contribution in [0.2, 0.25) is 0 Å². The van der Waals surface area contributed by atoms with Crippen molar-refractivity contribution in [2.24, 2.45) is 0 Å². The maximum absolute atomic E-state index is 12.6. The summed E-state index contributed by atoms with van der Waals surface area (Å²) in [7, 11) is 1.63. The van der Waals surface area contributed by atoms with Gasteiger partial charge in [0.2, 0.25) is 0 Å². The van der Waals surface area contributed by atoms with E-state index < -0.39 is 5.60 Å². The van der Waals surface area contributed by atoms with Crippen LogP contribution in [-0.2, 0) is 26.1 Å². The van der Waals surface area contributed by atoms with Crippen LogP contribution in [0.15, 0.2) is 24.3 Å². The zero-order valence-electron chi connectivity index (χ0n) is 13.6. The molecule has 3 nitrogen and oxygen atoms in total. The normalized spacial score (nSPS) is 18.5. The van der Waals surface area contributed by atoms with E-state index >= 15 is 0 Å². The number of Topliss-reactive ketones (excluding diaryl/α,β-unsaturated/α-hetero) is 1. The van der Waals surface area contributed by atoms with E-state index in [0.717, 1.165) is 5.56 Å². The van der Waals surface area contributed by atoms with E-state index in [9.17, 15) is 4.79 Å². The quantitative estimate of drug-likeness (QED) is 0.853. The van der Waals surface area contributed by atoms with Gasteiger partial charge in [0.25, 0.3) is 0 Å². The summed E-state index contributed by atoms with van der Waals surface area (Å²) in [5, 5.41) is 0. The largest absolute Gasteiger partial charge is 0.381 e. The molecule has 21 heavy (non-hydrogen) atoms. The molecule has 0 radical (unpaired) electrons. The first-order chi connectivity index (χ1) is 9.87. The van der Waals surface area contributed by atoms with Gasteiger partial charge in [-0.3, -0.25) is 4.79 Å². The summed E-state index contributed by atoms with van der Waals surface area (Å²) >= 11 is 0. The van der Waals surface area contributed by atoms with Crippen molar-refractivity contribution in [1.82, 2.24) is 0 Å². The smallest absolute Gasteiger partial charge is 0.169 e. The number of methoxy groups -OCH3 is 1. The first-order valence-corrected chi connectivity index (χ1v) is 7.63. The Kier molecular flexibility index (Phi) is 4.84. The van der Waals surface area contributed by atoms with E-state index in [1.54, 1.807) is 7.11 Å². The lowest BCUT2D eigenvalue weighted by Gasteiger charge is -2.34. The van der Waals surface area contributed by atoms with Crippen LogP contribution < -0.4 is 0 Å². The van der Waals surface area contributed by atoms with Crippen LogP contribution in [0.4, 0.5) is 0 Å². The van der Waals surface area contributed by atoms with Crippen LogP contribution in [0.1, 0.15) is 44.7 Å². The third kappa shape index (κ3) is 3.72. The number of carbonyl (C=O) groups is 1. The summed E-state index contributed by atoms with van der Waals surface area (Å²) in [6.07, 6.45) is 1.74. The van der Waals surface area contributed by atoms with Crippen molar-refractivity contribution in [3.05, 3.63) is 35.4 Å². The molecule has 1 heterocycles. The molecule has 1 fully saturated rings. The molecule has 1 aromatic rings. The summed E-state index contributed by atoms with van der Waals surface area (Å²) < 4.78 is 10.9. The van der Waals surface area contributed by atoms with Gasteiger partial charge in [-0.15, -0.1) is 0 Å². The van der Waals surface area contributed by atoms with Gasteiger partial charge < -0.3 is 9.47 Å². The van der Waals surface area contributed by atoms with Gasteiger partial charge in [0.1, 0.15) is 5.60 Å². The number of rotatable bonds is 4. The standard InChI is InChI=1S/C18H26O3/c1-17(2,3)15-7-5-14(6-8-15)13-16(19)18(20-4)9-11-21-12-10-18/h5-8H,9-13H2,1-4H3. The Bertz CT molecular complexity index is 476. The summed E-state index contributed by atoms with van der Waals surface area (Å²) in [6, 6.07) is 8.35. The summed E-state index contributed by atoms with van der Waals surface area (Å²) in [6.45, 7) is 7.77. The number of ether oxygens (including phenoxy) is 2. The lowest BCUT2D eigenvalue weighted by atomic mass is 9.84. The molecule has 1 aliphatic rings. The van der Waals surface area contributed by atoms with Crippen LogP contribution in [0.5, 0.6) is 0 Å². The van der Waals surface area contributed by atoms with Crippen molar-refractivity contribution < 1.29 is 14.3 Å². The Labute approximate surface area is 127 Å². The second kappa shape index (κ2) is 6.29. The van der Waals surface area contributed by atoms with E-state index in [-0.39, 0.29) is 11.2 Å². The highest BCUT2D eigenvalue weighted by molar-refractivity contribution is 5.89. The van der Waals surface area contributed by atoms with Crippen LogP contribution in [-0.4, -0.2) is 31.7 Å². The second-order valence-corrected chi connectivity index (χ2v) is 6.86. The molecule has 1 aliphatic heterocycles. The second-order valence-electron chi connectivity index (χ2n) is 6.86. The van der Waals surface area contributed by atoms with Crippen molar-refractivity contribution in [2.45, 2.75) is 51.0 Å². The first kappa shape index (κ1) is 16.2. The first-order valence-electron chi connectivity index (χ1n) is 7.63. The van der Waals surface area contributed by atoms with E-state index in [0.29, 0.717) is 32.5 Å². The Morgan fingerprint density at radius 3 is 2.24 bits per heavy atom. The summed E-state index contributed by atoms with van der Waals surface area (Å²) in [5.41, 5.74) is 1.82. The van der Waals surface area contributed by atoms with Gasteiger partial charge in [0, 0.05) is 39.6 Å². The Morgan fingerprint density at radius 2 is 1.76 bits per heavy atom. The fourth-order valence-corrected chi connectivity index (χ4v) is 2.77. The third-order valence-electron chi connectivity index (χ3n) is 4.38. The van der Waals surface area contributed by atoms with Gasteiger partial charge in [0.05, 0.1) is 0 Å². The highest BCUT2D eigenvalue weighted by Crippen LogP contribution is 2.28. The van der Waals surface area contributed by atoms with Crippen molar-refractivity contribution in [3.8, 4) is 0 Å². The molecule has 116 valence electrons. The van der Waals surface area contributed by atoms with E-state index in [4.69, 9.17) is 9.47 Å². The third-order valence-corrected chi connectivity index (χ3v) is 4.38. The Hall–Kier alpha value is -1.19. The van der Waals surface area contributed by atoms with Gasteiger partial charge in [-0.05, 0) is 16.5 Å². The Balaban J connectivity index is 2.08. The Morgan fingerprint density at radius 1 is 1.19 bits per heavy atom. The number of benzene rings is 1. The van der Waals surface area contributed by atoms with Crippen molar-refractivity contribution in [2.75, 3.05) is 20.3 Å². The lowest BCUT2D eigenvalue weighted by Crippen LogP contribution is -2.46. The molecule has 0 atom stereocenters. The fraction of sp³-hybridized carbons (Fsp3) is 0.611. The number of hydrogen-bond donors (Lipinski definition) is 0. The van der Waals surface area contributed by atoms with Gasteiger partial charge in [-0.2, -0.15) is 0 Å². The zero-order valence-corrected chi connectivity index (χ0v) is 13.6. The van der Waals surface area contributed by atoms with Gasteiger partial charge in [0.15, 0.2) is 5.78 Å².